The van der Waals surface area contributed by atoms with Crippen molar-refractivity contribution in [2.24, 2.45) is 0 Å². The maximum Gasteiger partial charge on any atom is 0.220 e. The largest absolute Gasteiger partial charge is 0.352 e. The van der Waals surface area contributed by atoms with Crippen LogP contribution in [0.15, 0.2) is 60.7 Å². The molecule has 1 heterocycles. The molecule has 0 saturated carbocycles. The molecule has 0 aliphatic carbocycles. The van der Waals surface area contributed by atoms with Crippen LogP contribution in [0.5, 0.6) is 0 Å². The predicted molar refractivity (Wildman–Crippen MR) is 97.6 cm³/mol. The fourth-order valence-electron chi connectivity index (χ4n) is 3.33. The molecule has 1 atom stereocenters. The van der Waals surface area contributed by atoms with Gasteiger partial charge in [0.2, 0.25) is 5.91 Å². The fraction of sp³-hybridized carbons (Fsp3) is 0.381. The molecule has 3 rings (SSSR count). The molecule has 1 N–H and O–H groups in total. The van der Waals surface area contributed by atoms with Crippen LogP contribution in [0, 0.1) is 0 Å². The van der Waals surface area contributed by atoms with Crippen molar-refractivity contribution >= 4 is 5.91 Å². The van der Waals surface area contributed by atoms with Crippen molar-refractivity contribution < 1.29 is 4.79 Å². The van der Waals surface area contributed by atoms with Gasteiger partial charge in [0.25, 0.3) is 0 Å². The molecule has 1 amide bonds. The van der Waals surface area contributed by atoms with Crippen molar-refractivity contribution in [3.63, 3.8) is 0 Å². The number of likely N-dealkylation sites (tertiary alicyclic amines) is 1. The highest BCUT2D eigenvalue weighted by Gasteiger charge is 2.23. The summed E-state index contributed by atoms with van der Waals surface area (Å²) in [5, 5.41) is 3.20. The minimum Gasteiger partial charge on any atom is -0.352 e. The van der Waals surface area contributed by atoms with Gasteiger partial charge in [0.05, 0.1) is 0 Å². The van der Waals surface area contributed by atoms with Crippen LogP contribution in [-0.4, -0.2) is 29.9 Å². The summed E-state index contributed by atoms with van der Waals surface area (Å²) in [6.07, 6.45) is 3.55. The summed E-state index contributed by atoms with van der Waals surface area (Å²) in [5.74, 6) is 0.192. The Morgan fingerprint density at radius 1 is 1.00 bits per heavy atom. The molecule has 0 spiro atoms. The third kappa shape index (κ3) is 5.20. The lowest BCUT2D eigenvalue weighted by Gasteiger charge is -2.16. The molecule has 1 aliphatic heterocycles. The van der Waals surface area contributed by atoms with Crippen molar-refractivity contribution in [2.45, 2.75) is 38.3 Å². The standard InChI is InChI=1S/C21H26N2O/c24-21(13-7-12-18-8-3-1-4-9-18)22-20-14-15-23(17-20)16-19-10-5-2-6-11-19/h1-6,8-11,20H,7,12-17H2,(H,22,24). The van der Waals surface area contributed by atoms with Crippen LogP contribution in [0.25, 0.3) is 0 Å². The van der Waals surface area contributed by atoms with Crippen molar-refractivity contribution in [2.75, 3.05) is 13.1 Å². The highest BCUT2D eigenvalue weighted by atomic mass is 16.1. The monoisotopic (exact) mass is 322 g/mol. The van der Waals surface area contributed by atoms with Crippen molar-refractivity contribution in [3.05, 3.63) is 71.8 Å². The van der Waals surface area contributed by atoms with Crippen LogP contribution < -0.4 is 5.32 Å². The molecule has 0 bridgehead atoms. The van der Waals surface area contributed by atoms with E-state index in [1.807, 2.05) is 12.1 Å². The lowest BCUT2D eigenvalue weighted by atomic mass is 10.1. The molecule has 1 fully saturated rings. The number of aryl methyl sites for hydroxylation is 1. The van der Waals surface area contributed by atoms with Gasteiger partial charge in [-0.15, -0.1) is 0 Å². The molecule has 3 nitrogen and oxygen atoms in total. The summed E-state index contributed by atoms with van der Waals surface area (Å²) in [5.41, 5.74) is 2.65. The maximum absolute atomic E-state index is 12.1. The van der Waals surface area contributed by atoms with E-state index < -0.39 is 0 Å². The quantitative estimate of drug-likeness (QED) is 0.847. The molecule has 1 saturated heterocycles. The third-order valence-electron chi connectivity index (χ3n) is 4.60. The molecule has 2 aromatic rings. The van der Waals surface area contributed by atoms with Gasteiger partial charge in [-0.1, -0.05) is 60.7 Å². The molecule has 126 valence electrons. The van der Waals surface area contributed by atoms with Crippen molar-refractivity contribution in [3.8, 4) is 0 Å². The normalized spacial score (nSPS) is 17.8. The number of hydrogen-bond donors (Lipinski definition) is 1. The Hall–Kier alpha value is -2.13. The number of nitrogens with zero attached hydrogens (tertiary/aromatic N) is 1. The van der Waals surface area contributed by atoms with Gasteiger partial charge in [-0.2, -0.15) is 0 Å². The Labute approximate surface area is 144 Å². The second-order valence-corrected chi connectivity index (χ2v) is 6.61. The second-order valence-electron chi connectivity index (χ2n) is 6.61. The van der Waals surface area contributed by atoms with E-state index in [1.165, 1.54) is 11.1 Å². The van der Waals surface area contributed by atoms with Crippen LogP contribution in [0.3, 0.4) is 0 Å². The van der Waals surface area contributed by atoms with E-state index in [0.717, 1.165) is 38.9 Å². The molecule has 1 aliphatic rings. The summed E-state index contributed by atoms with van der Waals surface area (Å²) >= 11 is 0. The van der Waals surface area contributed by atoms with E-state index in [9.17, 15) is 4.79 Å². The summed E-state index contributed by atoms with van der Waals surface area (Å²) in [6.45, 7) is 2.99. The zero-order valence-electron chi connectivity index (χ0n) is 14.2. The number of amides is 1. The maximum atomic E-state index is 12.1. The van der Waals surface area contributed by atoms with E-state index in [2.05, 4.69) is 58.7 Å². The zero-order valence-corrected chi connectivity index (χ0v) is 14.2. The predicted octanol–water partition coefficient (Wildman–Crippen LogP) is 3.40. The highest BCUT2D eigenvalue weighted by molar-refractivity contribution is 5.76. The average molecular weight is 322 g/mol. The van der Waals surface area contributed by atoms with Crippen LogP contribution in [-0.2, 0) is 17.8 Å². The molecule has 1 unspecified atom stereocenters. The van der Waals surface area contributed by atoms with Gasteiger partial charge in [-0.3, -0.25) is 9.69 Å². The lowest BCUT2D eigenvalue weighted by molar-refractivity contribution is -0.121. The average Bonchev–Trinajstić information content (AvgIpc) is 3.03. The van der Waals surface area contributed by atoms with E-state index in [4.69, 9.17) is 0 Å². The third-order valence-corrected chi connectivity index (χ3v) is 4.60. The lowest BCUT2D eigenvalue weighted by Crippen LogP contribution is -2.36. The van der Waals surface area contributed by atoms with E-state index in [0.29, 0.717) is 12.5 Å². The zero-order chi connectivity index (χ0) is 16.6. The Morgan fingerprint density at radius 3 is 2.38 bits per heavy atom. The van der Waals surface area contributed by atoms with Crippen molar-refractivity contribution in [1.29, 1.82) is 0 Å². The van der Waals surface area contributed by atoms with E-state index >= 15 is 0 Å². The van der Waals surface area contributed by atoms with Gasteiger partial charge in [0.1, 0.15) is 0 Å². The SMILES string of the molecule is O=C(CCCc1ccccc1)NC1CCN(Cc2ccccc2)C1. The Balaban J connectivity index is 1.35. The molecular weight excluding hydrogens is 296 g/mol. The first-order valence-electron chi connectivity index (χ1n) is 8.89. The minimum atomic E-state index is 0.192. The first kappa shape index (κ1) is 16.7. The van der Waals surface area contributed by atoms with Gasteiger partial charge in [-0.05, 0) is 30.4 Å². The molecule has 3 heteroatoms. The van der Waals surface area contributed by atoms with E-state index in [1.54, 1.807) is 0 Å². The number of nitrogens with one attached hydrogen (secondary N) is 1. The van der Waals surface area contributed by atoms with Crippen LogP contribution in [0.1, 0.15) is 30.4 Å². The number of carbonyl (C=O) groups is 1. The Bertz CT molecular complexity index is 627. The molecule has 24 heavy (non-hydrogen) atoms. The molecule has 0 radical (unpaired) electrons. The topological polar surface area (TPSA) is 32.3 Å². The Morgan fingerprint density at radius 2 is 1.67 bits per heavy atom. The molecule has 0 aromatic heterocycles. The number of hydrogen-bond acceptors (Lipinski definition) is 2. The summed E-state index contributed by atoms with van der Waals surface area (Å²) in [6, 6.07) is 21.2. The smallest absolute Gasteiger partial charge is 0.220 e. The minimum absolute atomic E-state index is 0.192. The van der Waals surface area contributed by atoms with Gasteiger partial charge >= 0.3 is 0 Å². The van der Waals surface area contributed by atoms with E-state index in [-0.39, 0.29) is 5.91 Å². The number of benzene rings is 2. The summed E-state index contributed by atoms with van der Waals surface area (Å²) in [7, 11) is 0. The van der Waals surface area contributed by atoms with Gasteiger partial charge in [-0.25, -0.2) is 0 Å². The van der Waals surface area contributed by atoms with Crippen molar-refractivity contribution in [1.82, 2.24) is 10.2 Å². The molecule has 2 aromatic carbocycles. The van der Waals surface area contributed by atoms with Gasteiger partial charge < -0.3 is 5.32 Å². The molecular formula is C21H26N2O. The van der Waals surface area contributed by atoms with Crippen LogP contribution in [0.4, 0.5) is 0 Å². The fourth-order valence-corrected chi connectivity index (χ4v) is 3.33. The number of carbonyl (C=O) groups excluding carboxylic acids is 1. The number of rotatable bonds is 7. The van der Waals surface area contributed by atoms with Gasteiger partial charge in [0, 0.05) is 32.1 Å². The summed E-state index contributed by atoms with van der Waals surface area (Å²) in [4.78, 5) is 14.5. The first-order valence-corrected chi connectivity index (χ1v) is 8.89. The summed E-state index contributed by atoms with van der Waals surface area (Å²) < 4.78 is 0. The Kier molecular flexibility index (Phi) is 6.02. The van der Waals surface area contributed by atoms with Crippen LogP contribution in [0.2, 0.25) is 0 Å². The first-order chi connectivity index (χ1) is 11.8. The second kappa shape index (κ2) is 8.65. The highest BCUT2D eigenvalue weighted by Crippen LogP contribution is 2.14. The van der Waals surface area contributed by atoms with Crippen LogP contribution >= 0.6 is 0 Å². The van der Waals surface area contributed by atoms with Gasteiger partial charge in [0.15, 0.2) is 0 Å².